The van der Waals surface area contributed by atoms with Gasteiger partial charge in [-0.05, 0) is 30.2 Å². The van der Waals surface area contributed by atoms with Crippen LogP contribution in [0.1, 0.15) is 11.1 Å². The second-order valence-corrected chi connectivity index (χ2v) is 7.90. The number of rotatable bonds is 6. The second-order valence-electron chi connectivity index (χ2n) is 7.49. The fourth-order valence-electron chi connectivity index (χ4n) is 3.63. The van der Waals surface area contributed by atoms with Crippen molar-refractivity contribution in [3.05, 3.63) is 81.1 Å². The number of piperazine rings is 1. The van der Waals surface area contributed by atoms with E-state index in [2.05, 4.69) is 32.3 Å². The van der Waals surface area contributed by atoms with Gasteiger partial charge in [-0.15, -0.1) is 0 Å². The van der Waals surface area contributed by atoms with Gasteiger partial charge in [0.15, 0.2) is 0 Å². The van der Waals surface area contributed by atoms with Crippen LogP contribution in [-0.4, -0.2) is 46.0 Å². The maximum absolute atomic E-state index is 11.9. The number of aryl methyl sites for hydroxylation is 1. The Morgan fingerprint density at radius 3 is 2.52 bits per heavy atom. The van der Waals surface area contributed by atoms with Crippen LogP contribution >= 0.6 is 11.6 Å². The Morgan fingerprint density at radius 1 is 1.10 bits per heavy atom. The van der Waals surface area contributed by atoms with Crippen molar-refractivity contribution in [3.8, 4) is 0 Å². The van der Waals surface area contributed by atoms with Crippen molar-refractivity contribution < 1.29 is 4.92 Å². The molecule has 0 bridgehead atoms. The summed E-state index contributed by atoms with van der Waals surface area (Å²) in [6.07, 6.45) is 1.36. The Labute approximate surface area is 185 Å². The van der Waals surface area contributed by atoms with Gasteiger partial charge in [-0.1, -0.05) is 48.0 Å². The highest BCUT2D eigenvalue weighted by Crippen LogP contribution is 2.34. The number of nitrogens with zero attached hydrogens (tertiary/aromatic N) is 5. The van der Waals surface area contributed by atoms with E-state index in [1.165, 1.54) is 11.9 Å². The molecule has 2 heterocycles. The summed E-state index contributed by atoms with van der Waals surface area (Å²) in [6.45, 7) is 5.66. The highest BCUT2D eigenvalue weighted by Gasteiger charge is 2.29. The molecule has 8 nitrogen and oxygen atoms in total. The lowest BCUT2D eigenvalue weighted by molar-refractivity contribution is -0.383. The third kappa shape index (κ3) is 4.92. The van der Waals surface area contributed by atoms with Crippen molar-refractivity contribution in [2.75, 3.05) is 36.4 Å². The number of nitrogens with one attached hydrogen (secondary N) is 1. The molecule has 160 valence electrons. The third-order valence-electron chi connectivity index (χ3n) is 5.34. The van der Waals surface area contributed by atoms with Crippen molar-refractivity contribution in [2.24, 2.45) is 0 Å². The van der Waals surface area contributed by atoms with Crippen molar-refractivity contribution >= 4 is 34.6 Å². The molecule has 1 aliphatic heterocycles. The van der Waals surface area contributed by atoms with Crippen LogP contribution in [0.2, 0.25) is 5.02 Å². The normalized spacial score (nSPS) is 14.5. The molecule has 0 atom stereocenters. The molecule has 0 aliphatic carbocycles. The molecule has 2 aromatic carbocycles. The van der Waals surface area contributed by atoms with Crippen LogP contribution in [0.4, 0.5) is 23.0 Å². The molecule has 0 radical (unpaired) electrons. The van der Waals surface area contributed by atoms with Gasteiger partial charge in [-0.25, -0.2) is 9.97 Å². The largest absolute Gasteiger partial charge is 0.353 e. The Hall–Kier alpha value is -3.23. The van der Waals surface area contributed by atoms with Crippen LogP contribution in [0.25, 0.3) is 0 Å². The minimum absolute atomic E-state index is 0.129. The first-order chi connectivity index (χ1) is 15.0. The number of halogens is 1. The van der Waals surface area contributed by atoms with E-state index in [0.717, 1.165) is 25.2 Å². The smallest absolute Gasteiger partial charge is 0.348 e. The minimum Gasteiger partial charge on any atom is -0.348 e. The predicted molar refractivity (Wildman–Crippen MR) is 122 cm³/mol. The van der Waals surface area contributed by atoms with Gasteiger partial charge < -0.3 is 10.2 Å². The van der Waals surface area contributed by atoms with Crippen LogP contribution < -0.4 is 10.2 Å². The monoisotopic (exact) mass is 438 g/mol. The molecule has 3 aromatic rings. The number of anilines is 3. The highest BCUT2D eigenvalue weighted by atomic mass is 35.5. The quantitative estimate of drug-likeness (QED) is 0.450. The van der Waals surface area contributed by atoms with Crippen molar-refractivity contribution in [1.82, 2.24) is 14.9 Å². The van der Waals surface area contributed by atoms with Gasteiger partial charge >= 0.3 is 5.69 Å². The van der Waals surface area contributed by atoms with Crippen LogP contribution in [-0.2, 0) is 6.54 Å². The number of nitro groups is 1. The predicted octanol–water partition coefficient (Wildman–Crippen LogP) is 4.41. The minimum atomic E-state index is -0.427. The first-order valence-corrected chi connectivity index (χ1v) is 10.4. The van der Waals surface area contributed by atoms with Crippen molar-refractivity contribution in [2.45, 2.75) is 13.5 Å². The zero-order chi connectivity index (χ0) is 21.8. The van der Waals surface area contributed by atoms with Gasteiger partial charge in [-0.3, -0.25) is 15.0 Å². The number of benzene rings is 2. The fourth-order valence-corrected chi connectivity index (χ4v) is 3.81. The first-order valence-electron chi connectivity index (χ1n) is 10.0. The Morgan fingerprint density at radius 2 is 1.84 bits per heavy atom. The van der Waals surface area contributed by atoms with Gasteiger partial charge in [0.25, 0.3) is 0 Å². The zero-order valence-electron chi connectivity index (χ0n) is 17.2. The topological polar surface area (TPSA) is 87.4 Å². The summed E-state index contributed by atoms with van der Waals surface area (Å²) < 4.78 is 0. The maximum atomic E-state index is 11.9. The van der Waals surface area contributed by atoms with Gasteiger partial charge in [0.2, 0.25) is 11.6 Å². The van der Waals surface area contributed by atoms with Gasteiger partial charge in [-0.2, -0.15) is 0 Å². The van der Waals surface area contributed by atoms with Crippen LogP contribution in [0, 0.1) is 17.0 Å². The van der Waals surface area contributed by atoms with E-state index in [1.807, 2.05) is 42.2 Å². The van der Waals surface area contributed by atoms with E-state index < -0.39 is 4.92 Å². The van der Waals surface area contributed by atoms with Gasteiger partial charge in [0.05, 0.1) is 4.92 Å². The van der Waals surface area contributed by atoms with Crippen LogP contribution in [0.15, 0.2) is 54.9 Å². The van der Waals surface area contributed by atoms with Crippen LogP contribution in [0.5, 0.6) is 0 Å². The molecule has 4 rings (SSSR count). The molecule has 1 saturated heterocycles. The summed E-state index contributed by atoms with van der Waals surface area (Å²) in [5.74, 6) is 0.488. The average Bonchev–Trinajstić information content (AvgIpc) is 2.77. The third-order valence-corrected chi connectivity index (χ3v) is 5.75. The average molecular weight is 439 g/mol. The Bertz CT molecular complexity index is 1070. The zero-order valence-corrected chi connectivity index (χ0v) is 17.9. The molecule has 0 spiro atoms. The molecular formula is C22H23ClN6O2. The molecule has 1 aliphatic rings. The summed E-state index contributed by atoms with van der Waals surface area (Å²) in [6, 6.07) is 15.7. The summed E-state index contributed by atoms with van der Waals surface area (Å²) in [7, 11) is 0. The van der Waals surface area contributed by atoms with E-state index in [4.69, 9.17) is 11.6 Å². The molecule has 31 heavy (non-hydrogen) atoms. The lowest BCUT2D eigenvalue weighted by Gasteiger charge is -2.35. The fraction of sp³-hybridized carbons (Fsp3) is 0.273. The molecule has 9 heteroatoms. The number of aromatic nitrogens is 2. The second kappa shape index (κ2) is 9.28. The van der Waals surface area contributed by atoms with E-state index in [-0.39, 0.29) is 11.5 Å². The van der Waals surface area contributed by atoms with E-state index in [9.17, 15) is 10.1 Å². The summed E-state index contributed by atoms with van der Waals surface area (Å²) in [5, 5.41) is 15.5. The lowest BCUT2D eigenvalue weighted by atomic mass is 10.2. The maximum Gasteiger partial charge on any atom is 0.353 e. The van der Waals surface area contributed by atoms with Gasteiger partial charge in [0, 0.05) is 43.4 Å². The summed E-state index contributed by atoms with van der Waals surface area (Å²) >= 11 is 6.19. The molecule has 1 N–H and O–H groups in total. The van der Waals surface area contributed by atoms with Gasteiger partial charge in [0.1, 0.15) is 6.33 Å². The summed E-state index contributed by atoms with van der Waals surface area (Å²) in [4.78, 5) is 24.2. The van der Waals surface area contributed by atoms with Crippen LogP contribution in [0.3, 0.4) is 0 Å². The van der Waals surface area contributed by atoms with Crippen molar-refractivity contribution in [1.29, 1.82) is 0 Å². The summed E-state index contributed by atoms with van der Waals surface area (Å²) in [5.41, 5.74) is 2.69. The molecular weight excluding hydrogens is 416 g/mol. The Kier molecular flexibility index (Phi) is 6.29. The lowest BCUT2D eigenvalue weighted by Crippen LogP contribution is -2.46. The number of hydrogen-bond acceptors (Lipinski definition) is 7. The molecule has 0 amide bonds. The Balaban J connectivity index is 1.51. The highest BCUT2D eigenvalue weighted by molar-refractivity contribution is 6.31. The molecule has 1 aromatic heterocycles. The standard InChI is InChI=1S/C22H23ClN6O2/c1-16-7-8-18(13-19(16)23)26-21-20(29(30)31)22(25-15-24-21)28-11-9-27(10-12-28)14-17-5-3-2-4-6-17/h2-8,13,15H,9-12,14H2,1H3,(H,24,25,26). The van der Waals surface area contributed by atoms with E-state index >= 15 is 0 Å². The van der Waals surface area contributed by atoms with E-state index in [0.29, 0.717) is 29.6 Å². The van der Waals surface area contributed by atoms with Crippen molar-refractivity contribution in [3.63, 3.8) is 0 Å². The first kappa shape index (κ1) is 21.0. The number of hydrogen-bond donors (Lipinski definition) is 1. The molecule has 0 unspecified atom stereocenters. The molecule has 0 saturated carbocycles. The van der Waals surface area contributed by atoms with E-state index in [1.54, 1.807) is 6.07 Å². The SMILES string of the molecule is Cc1ccc(Nc2ncnc(N3CCN(Cc4ccccc4)CC3)c2[N+](=O)[O-])cc1Cl. The molecule has 1 fully saturated rings.